The van der Waals surface area contributed by atoms with E-state index < -0.39 is 0 Å². The third kappa shape index (κ3) is 2.65. The Kier molecular flexibility index (Phi) is 3.92. The predicted molar refractivity (Wildman–Crippen MR) is 85.0 cm³/mol. The number of amides is 1. The molecule has 0 saturated carbocycles. The van der Waals surface area contributed by atoms with Crippen LogP contribution in [0.5, 0.6) is 0 Å². The summed E-state index contributed by atoms with van der Waals surface area (Å²) in [6, 6.07) is 8.10. The number of benzene rings is 1. The van der Waals surface area contributed by atoms with E-state index in [-0.39, 0.29) is 5.91 Å². The van der Waals surface area contributed by atoms with Crippen molar-refractivity contribution in [2.75, 3.05) is 17.7 Å². The van der Waals surface area contributed by atoms with Gasteiger partial charge in [-0.25, -0.2) is 9.97 Å². The van der Waals surface area contributed by atoms with Crippen LogP contribution in [0.3, 0.4) is 0 Å². The molecule has 4 nitrogen and oxygen atoms in total. The molecule has 21 heavy (non-hydrogen) atoms. The number of aryl methyl sites for hydroxylation is 2. The van der Waals surface area contributed by atoms with E-state index in [0.29, 0.717) is 10.7 Å². The summed E-state index contributed by atoms with van der Waals surface area (Å²) in [5, 5.41) is 0.697. The molecule has 5 heteroatoms. The fourth-order valence-corrected chi connectivity index (χ4v) is 3.03. The predicted octanol–water partition coefficient (Wildman–Crippen LogP) is 3.10. The summed E-state index contributed by atoms with van der Waals surface area (Å²) in [5.41, 5.74) is 3.57. The first kappa shape index (κ1) is 14.1. The zero-order valence-corrected chi connectivity index (χ0v) is 13.0. The van der Waals surface area contributed by atoms with E-state index in [0.717, 1.165) is 30.8 Å². The van der Waals surface area contributed by atoms with Crippen LogP contribution in [0.25, 0.3) is 0 Å². The molecule has 0 atom stereocenters. The monoisotopic (exact) mass is 299 g/mol. The Morgan fingerprint density at radius 2 is 2.14 bits per heavy atom. The molecule has 0 N–H and O–H groups in total. The normalized spacial score (nSPS) is 13.9. The zero-order chi connectivity index (χ0) is 14.8. The molecule has 0 aliphatic carbocycles. The van der Waals surface area contributed by atoms with Gasteiger partial charge in [0.2, 0.25) is 0 Å². The van der Waals surface area contributed by atoms with Gasteiger partial charge in [0.1, 0.15) is 0 Å². The minimum atomic E-state index is -0.00713. The summed E-state index contributed by atoms with van der Waals surface area (Å²) < 4.78 is 0. The van der Waals surface area contributed by atoms with Gasteiger partial charge in [-0.15, -0.1) is 0 Å². The Labute approximate surface area is 128 Å². The summed E-state index contributed by atoms with van der Waals surface area (Å²) in [5.74, 6) is -0.00713. The Morgan fingerprint density at radius 1 is 1.33 bits per heavy atom. The standard InChI is InChI=1S/C16H17N3OS/c1-11-13(10-17-16(18-11)21-2)15(20)19-9-5-7-12-6-3-4-8-14(12)19/h3-4,6,8,10H,5,7,9H2,1-2H3. The third-order valence-electron chi connectivity index (χ3n) is 3.73. The number of rotatable bonds is 2. The van der Waals surface area contributed by atoms with Crippen LogP contribution in [0, 0.1) is 6.92 Å². The van der Waals surface area contributed by atoms with E-state index >= 15 is 0 Å². The molecule has 0 bridgehead atoms. The highest BCUT2D eigenvalue weighted by atomic mass is 32.2. The minimum absolute atomic E-state index is 0.00713. The second-order valence-electron chi connectivity index (χ2n) is 5.04. The first-order valence-electron chi connectivity index (χ1n) is 6.98. The molecule has 1 aliphatic heterocycles. The molecule has 1 aliphatic rings. The lowest BCUT2D eigenvalue weighted by atomic mass is 10.0. The number of carbonyl (C=O) groups excluding carboxylic acids is 1. The molecule has 1 amide bonds. The maximum Gasteiger partial charge on any atom is 0.261 e. The first-order chi connectivity index (χ1) is 10.2. The van der Waals surface area contributed by atoms with Crippen molar-refractivity contribution in [1.29, 1.82) is 0 Å². The van der Waals surface area contributed by atoms with Crippen molar-refractivity contribution < 1.29 is 4.79 Å². The SMILES string of the molecule is CSc1ncc(C(=O)N2CCCc3ccccc32)c(C)n1. The van der Waals surface area contributed by atoms with Gasteiger partial charge in [0, 0.05) is 18.4 Å². The fraction of sp³-hybridized carbons (Fsp3) is 0.312. The second kappa shape index (κ2) is 5.85. The number of carbonyl (C=O) groups is 1. The summed E-state index contributed by atoms with van der Waals surface area (Å²) in [7, 11) is 0. The molecule has 2 aromatic rings. The largest absolute Gasteiger partial charge is 0.308 e. The highest BCUT2D eigenvalue weighted by molar-refractivity contribution is 7.98. The topological polar surface area (TPSA) is 46.1 Å². The van der Waals surface area contributed by atoms with Crippen LogP contribution in [0.1, 0.15) is 28.0 Å². The van der Waals surface area contributed by atoms with E-state index in [2.05, 4.69) is 16.0 Å². The molecule has 1 aromatic heterocycles. The Morgan fingerprint density at radius 3 is 2.90 bits per heavy atom. The van der Waals surface area contributed by atoms with Crippen molar-refractivity contribution >= 4 is 23.4 Å². The number of para-hydroxylation sites is 1. The van der Waals surface area contributed by atoms with Gasteiger partial charge in [0.25, 0.3) is 5.91 Å². The molecule has 0 spiro atoms. The number of aromatic nitrogens is 2. The van der Waals surface area contributed by atoms with Crippen LogP contribution < -0.4 is 4.90 Å². The van der Waals surface area contributed by atoms with Crippen molar-refractivity contribution in [3.05, 3.63) is 47.3 Å². The number of hydrogen-bond acceptors (Lipinski definition) is 4. The average molecular weight is 299 g/mol. The second-order valence-corrected chi connectivity index (χ2v) is 5.82. The molecule has 0 fully saturated rings. The van der Waals surface area contributed by atoms with Crippen molar-refractivity contribution in [1.82, 2.24) is 9.97 Å². The molecular weight excluding hydrogens is 282 g/mol. The van der Waals surface area contributed by atoms with Gasteiger partial charge >= 0.3 is 0 Å². The molecule has 0 unspecified atom stereocenters. The summed E-state index contributed by atoms with van der Waals surface area (Å²) >= 11 is 1.48. The number of thioether (sulfide) groups is 1. The number of hydrogen-bond donors (Lipinski definition) is 0. The summed E-state index contributed by atoms with van der Waals surface area (Å²) in [6.45, 7) is 2.62. The maximum atomic E-state index is 12.8. The lowest BCUT2D eigenvalue weighted by Gasteiger charge is -2.29. The Hall–Kier alpha value is -1.88. The van der Waals surface area contributed by atoms with Crippen molar-refractivity contribution in [2.45, 2.75) is 24.9 Å². The van der Waals surface area contributed by atoms with Gasteiger partial charge in [0.15, 0.2) is 5.16 Å². The van der Waals surface area contributed by atoms with Crippen LogP contribution in [-0.4, -0.2) is 28.7 Å². The molecule has 3 rings (SSSR count). The van der Waals surface area contributed by atoms with Crippen molar-refractivity contribution in [2.24, 2.45) is 0 Å². The lowest BCUT2D eigenvalue weighted by molar-refractivity contribution is 0.0983. The number of anilines is 1. The number of fused-ring (bicyclic) bond motifs is 1. The lowest BCUT2D eigenvalue weighted by Crippen LogP contribution is -2.36. The summed E-state index contributed by atoms with van der Waals surface area (Å²) in [6.07, 6.45) is 5.59. The smallest absolute Gasteiger partial charge is 0.261 e. The molecule has 108 valence electrons. The highest BCUT2D eigenvalue weighted by Gasteiger charge is 2.25. The molecule has 1 aromatic carbocycles. The Bertz CT molecular complexity index is 687. The zero-order valence-electron chi connectivity index (χ0n) is 12.2. The van der Waals surface area contributed by atoms with E-state index in [1.165, 1.54) is 17.3 Å². The first-order valence-corrected chi connectivity index (χ1v) is 8.20. The average Bonchev–Trinajstić information content (AvgIpc) is 2.53. The quantitative estimate of drug-likeness (QED) is 0.631. The van der Waals surface area contributed by atoms with Crippen molar-refractivity contribution in [3.63, 3.8) is 0 Å². The van der Waals surface area contributed by atoms with Gasteiger partial charge in [-0.2, -0.15) is 0 Å². The maximum absolute atomic E-state index is 12.8. The van der Waals surface area contributed by atoms with E-state index in [4.69, 9.17) is 0 Å². The van der Waals surface area contributed by atoms with Crippen LogP contribution in [-0.2, 0) is 6.42 Å². The minimum Gasteiger partial charge on any atom is -0.308 e. The van der Waals surface area contributed by atoms with Gasteiger partial charge in [-0.3, -0.25) is 4.79 Å². The van der Waals surface area contributed by atoms with Crippen LogP contribution in [0.15, 0.2) is 35.6 Å². The fourth-order valence-electron chi connectivity index (χ4n) is 2.64. The third-order valence-corrected chi connectivity index (χ3v) is 4.29. The molecule has 2 heterocycles. The van der Waals surface area contributed by atoms with Crippen LogP contribution in [0.2, 0.25) is 0 Å². The highest BCUT2D eigenvalue weighted by Crippen LogP contribution is 2.28. The van der Waals surface area contributed by atoms with Gasteiger partial charge in [-0.1, -0.05) is 30.0 Å². The van der Waals surface area contributed by atoms with Crippen molar-refractivity contribution in [3.8, 4) is 0 Å². The van der Waals surface area contributed by atoms with Crippen LogP contribution >= 0.6 is 11.8 Å². The number of nitrogens with zero attached hydrogens (tertiary/aromatic N) is 3. The molecular formula is C16H17N3OS. The van der Waals surface area contributed by atoms with E-state index in [9.17, 15) is 4.79 Å². The van der Waals surface area contributed by atoms with E-state index in [1.54, 1.807) is 6.20 Å². The van der Waals surface area contributed by atoms with Crippen LogP contribution in [0.4, 0.5) is 5.69 Å². The molecule has 0 radical (unpaired) electrons. The van der Waals surface area contributed by atoms with E-state index in [1.807, 2.05) is 36.3 Å². The Balaban J connectivity index is 1.97. The summed E-state index contributed by atoms with van der Waals surface area (Å²) in [4.78, 5) is 23.3. The van der Waals surface area contributed by atoms with Gasteiger partial charge in [-0.05, 0) is 37.7 Å². The van der Waals surface area contributed by atoms with Gasteiger partial charge in [0.05, 0.1) is 11.3 Å². The molecule has 0 saturated heterocycles. The van der Waals surface area contributed by atoms with Gasteiger partial charge < -0.3 is 4.90 Å².